The number of hydrogen-bond donors (Lipinski definition) is 2. The van der Waals surface area contributed by atoms with E-state index >= 15 is 0 Å². The standard InChI is InChI=1S/C19H22N4O2/c1-13-6-4-10-17(21-13)22-18(24)14-7-5-11-23(12-14)19(25)15-8-2-3-9-16(15)20/h2-4,6,8-10,14H,5,7,11-12,20H2,1H3,(H,21,22,24). The van der Waals surface area contributed by atoms with Crippen LogP contribution in [0, 0.1) is 12.8 Å². The van der Waals surface area contributed by atoms with E-state index in [0.29, 0.717) is 30.2 Å². The molecule has 6 nitrogen and oxygen atoms in total. The Morgan fingerprint density at radius 1 is 1.20 bits per heavy atom. The van der Waals surface area contributed by atoms with Gasteiger partial charge in [0.15, 0.2) is 0 Å². The minimum absolute atomic E-state index is 0.100. The first-order valence-electron chi connectivity index (χ1n) is 8.43. The van der Waals surface area contributed by atoms with Crippen LogP contribution in [0.25, 0.3) is 0 Å². The van der Waals surface area contributed by atoms with Gasteiger partial charge in [0.25, 0.3) is 5.91 Å². The molecule has 3 N–H and O–H groups in total. The van der Waals surface area contributed by atoms with Gasteiger partial charge in [0.05, 0.1) is 11.5 Å². The average molecular weight is 338 g/mol. The van der Waals surface area contributed by atoms with Crippen LogP contribution in [0.4, 0.5) is 11.5 Å². The highest BCUT2D eigenvalue weighted by Gasteiger charge is 2.29. The van der Waals surface area contributed by atoms with Crippen LogP contribution >= 0.6 is 0 Å². The van der Waals surface area contributed by atoms with Crippen LogP contribution in [-0.2, 0) is 4.79 Å². The predicted molar refractivity (Wildman–Crippen MR) is 97.1 cm³/mol. The van der Waals surface area contributed by atoms with Gasteiger partial charge in [-0.1, -0.05) is 18.2 Å². The van der Waals surface area contributed by atoms with Crippen LogP contribution in [0.1, 0.15) is 28.9 Å². The summed E-state index contributed by atoms with van der Waals surface area (Å²) in [5.74, 6) is 0.0756. The lowest BCUT2D eigenvalue weighted by atomic mass is 9.96. The molecule has 1 fully saturated rings. The number of aromatic nitrogens is 1. The van der Waals surface area contributed by atoms with Crippen LogP contribution in [0.2, 0.25) is 0 Å². The molecular weight excluding hydrogens is 316 g/mol. The van der Waals surface area contributed by atoms with Gasteiger partial charge in [0, 0.05) is 24.5 Å². The predicted octanol–water partition coefficient (Wildman–Crippen LogP) is 2.46. The molecule has 0 spiro atoms. The number of carbonyl (C=O) groups excluding carboxylic acids is 2. The Morgan fingerprint density at radius 2 is 2.00 bits per heavy atom. The lowest BCUT2D eigenvalue weighted by molar-refractivity contribution is -0.121. The fourth-order valence-electron chi connectivity index (χ4n) is 3.08. The summed E-state index contributed by atoms with van der Waals surface area (Å²) in [5.41, 5.74) is 7.70. The molecule has 1 aliphatic heterocycles. The van der Waals surface area contributed by atoms with E-state index in [1.165, 1.54) is 0 Å². The lowest BCUT2D eigenvalue weighted by Gasteiger charge is -2.32. The number of aryl methyl sites for hydroxylation is 1. The molecule has 0 bridgehead atoms. The number of amides is 2. The number of nitrogens with two attached hydrogens (primary N) is 1. The highest BCUT2D eigenvalue weighted by atomic mass is 16.2. The normalized spacial score (nSPS) is 17.2. The maximum atomic E-state index is 12.7. The zero-order chi connectivity index (χ0) is 17.8. The van der Waals surface area contributed by atoms with Crippen molar-refractivity contribution < 1.29 is 9.59 Å². The van der Waals surface area contributed by atoms with Gasteiger partial charge in [-0.3, -0.25) is 9.59 Å². The smallest absolute Gasteiger partial charge is 0.255 e. The Balaban J connectivity index is 1.67. The van der Waals surface area contributed by atoms with Gasteiger partial charge in [0.2, 0.25) is 5.91 Å². The minimum Gasteiger partial charge on any atom is -0.398 e. The fourth-order valence-corrected chi connectivity index (χ4v) is 3.08. The number of nitrogens with one attached hydrogen (secondary N) is 1. The zero-order valence-corrected chi connectivity index (χ0v) is 14.2. The first kappa shape index (κ1) is 17.0. The molecule has 6 heteroatoms. The summed E-state index contributed by atoms with van der Waals surface area (Å²) in [6.45, 7) is 2.91. The molecule has 0 radical (unpaired) electrons. The second-order valence-electron chi connectivity index (χ2n) is 6.33. The van der Waals surface area contributed by atoms with Gasteiger partial charge in [-0.15, -0.1) is 0 Å². The number of rotatable bonds is 3. The zero-order valence-electron chi connectivity index (χ0n) is 14.2. The molecule has 0 aliphatic carbocycles. The van der Waals surface area contributed by atoms with E-state index in [0.717, 1.165) is 18.5 Å². The molecule has 1 unspecified atom stereocenters. The van der Waals surface area contributed by atoms with Crippen molar-refractivity contribution in [3.05, 3.63) is 53.7 Å². The van der Waals surface area contributed by atoms with Crippen molar-refractivity contribution in [3.63, 3.8) is 0 Å². The molecule has 2 aromatic rings. The van der Waals surface area contributed by atoms with Crippen molar-refractivity contribution in [2.24, 2.45) is 5.92 Å². The van der Waals surface area contributed by atoms with Gasteiger partial charge in [0.1, 0.15) is 5.82 Å². The van der Waals surface area contributed by atoms with E-state index in [1.807, 2.05) is 19.1 Å². The Labute approximate surface area is 147 Å². The monoisotopic (exact) mass is 338 g/mol. The Kier molecular flexibility index (Phi) is 4.97. The number of likely N-dealkylation sites (tertiary alicyclic amines) is 1. The maximum absolute atomic E-state index is 12.7. The number of nitrogen functional groups attached to an aromatic ring is 1. The molecule has 1 saturated heterocycles. The summed E-state index contributed by atoms with van der Waals surface area (Å²) in [4.78, 5) is 31.2. The third-order valence-corrected chi connectivity index (χ3v) is 4.41. The van der Waals surface area contributed by atoms with Crippen molar-refractivity contribution in [3.8, 4) is 0 Å². The SMILES string of the molecule is Cc1cccc(NC(=O)C2CCCN(C(=O)c3ccccc3N)C2)n1. The molecule has 1 aliphatic rings. The molecule has 1 atom stereocenters. The molecule has 1 aromatic carbocycles. The third-order valence-electron chi connectivity index (χ3n) is 4.41. The van der Waals surface area contributed by atoms with Crippen LogP contribution in [0.3, 0.4) is 0 Å². The van der Waals surface area contributed by atoms with Crippen LogP contribution in [0.15, 0.2) is 42.5 Å². The quantitative estimate of drug-likeness (QED) is 0.842. The van der Waals surface area contributed by atoms with E-state index in [2.05, 4.69) is 10.3 Å². The summed E-state index contributed by atoms with van der Waals surface area (Å²) < 4.78 is 0. The fraction of sp³-hybridized carbons (Fsp3) is 0.316. The minimum atomic E-state index is -0.245. The van der Waals surface area contributed by atoms with E-state index < -0.39 is 0 Å². The highest BCUT2D eigenvalue weighted by Crippen LogP contribution is 2.22. The van der Waals surface area contributed by atoms with Crippen molar-refractivity contribution >= 4 is 23.3 Å². The Bertz CT molecular complexity index is 790. The first-order chi connectivity index (χ1) is 12.0. The Hall–Kier alpha value is -2.89. The van der Waals surface area contributed by atoms with Gasteiger partial charge in [-0.25, -0.2) is 4.98 Å². The number of hydrogen-bond acceptors (Lipinski definition) is 4. The summed E-state index contributed by atoms with van der Waals surface area (Å²) >= 11 is 0. The summed E-state index contributed by atoms with van der Waals surface area (Å²) in [7, 11) is 0. The van der Waals surface area contributed by atoms with Gasteiger partial charge in [-0.2, -0.15) is 0 Å². The van der Waals surface area contributed by atoms with Crippen LogP contribution in [-0.4, -0.2) is 34.8 Å². The topological polar surface area (TPSA) is 88.3 Å². The van der Waals surface area contributed by atoms with Crippen molar-refractivity contribution in [1.82, 2.24) is 9.88 Å². The van der Waals surface area contributed by atoms with E-state index in [-0.39, 0.29) is 17.7 Å². The number of benzene rings is 1. The number of carbonyl (C=O) groups is 2. The third kappa shape index (κ3) is 3.96. The molecule has 130 valence electrons. The summed E-state index contributed by atoms with van der Waals surface area (Å²) in [6, 6.07) is 12.5. The molecule has 25 heavy (non-hydrogen) atoms. The Morgan fingerprint density at radius 3 is 2.76 bits per heavy atom. The lowest BCUT2D eigenvalue weighted by Crippen LogP contribution is -2.44. The van der Waals surface area contributed by atoms with Crippen LogP contribution in [0.5, 0.6) is 0 Å². The molecule has 1 aromatic heterocycles. The van der Waals surface area contributed by atoms with Crippen molar-refractivity contribution in [1.29, 1.82) is 0 Å². The van der Waals surface area contributed by atoms with E-state index in [1.54, 1.807) is 35.2 Å². The van der Waals surface area contributed by atoms with Gasteiger partial charge in [-0.05, 0) is 44.0 Å². The number of anilines is 2. The summed E-state index contributed by atoms with van der Waals surface area (Å²) in [6.07, 6.45) is 1.55. The second-order valence-corrected chi connectivity index (χ2v) is 6.33. The summed E-state index contributed by atoms with van der Waals surface area (Å²) in [5, 5.41) is 2.85. The van der Waals surface area contributed by atoms with Crippen molar-refractivity contribution in [2.45, 2.75) is 19.8 Å². The molecule has 0 saturated carbocycles. The van der Waals surface area contributed by atoms with Crippen LogP contribution < -0.4 is 11.1 Å². The van der Waals surface area contributed by atoms with E-state index in [9.17, 15) is 9.59 Å². The van der Waals surface area contributed by atoms with Gasteiger partial charge >= 0.3 is 0 Å². The van der Waals surface area contributed by atoms with Crippen molar-refractivity contribution in [2.75, 3.05) is 24.1 Å². The highest BCUT2D eigenvalue weighted by molar-refractivity contribution is 5.99. The van der Waals surface area contributed by atoms with Gasteiger partial charge < -0.3 is 16.0 Å². The number of nitrogens with zero attached hydrogens (tertiary/aromatic N) is 2. The number of piperidine rings is 1. The number of para-hydroxylation sites is 1. The molecule has 3 rings (SSSR count). The first-order valence-corrected chi connectivity index (χ1v) is 8.43. The number of pyridine rings is 1. The second kappa shape index (κ2) is 7.34. The largest absolute Gasteiger partial charge is 0.398 e. The van der Waals surface area contributed by atoms with E-state index in [4.69, 9.17) is 5.73 Å². The average Bonchev–Trinajstić information content (AvgIpc) is 2.62. The molecular formula is C19H22N4O2. The molecule has 2 heterocycles. The molecule has 2 amide bonds. The maximum Gasteiger partial charge on any atom is 0.255 e.